The fourth-order valence-corrected chi connectivity index (χ4v) is 3.59. The Morgan fingerprint density at radius 3 is 2.68 bits per heavy atom. The van der Waals surface area contributed by atoms with E-state index in [9.17, 15) is 4.39 Å². The number of benzene rings is 1. The maximum atomic E-state index is 13.9. The van der Waals surface area contributed by atoms with Crippen LogP contribution in [-0.4, -0.2) is 6.54 Å². The Morgan fingerprint density at radius 2 is 2.05 bits per heavy atom. The Kier molecular flexibility index (Phi) is 5.13. The summed E-state index contributed by atoms with van der Waals surface area (Å²) >= 11 is 4.94. The Balaban J connectivity index is 2.29. The first-order chi connectivity index (χ1) is 9.15. The third-order valence-electron chi connectivity index (χ3n) is 3.03. The molecular weight excluding hydrogens is 325 g/mol. The zero-order chi connectivity index (χ0) is 13.8. The smallest absolute Gasteiger partial charge is 0.132 e. The van der Waals surface area contributed by atoms with E-state index in [1.54, 1.807) is 11.3 Å². The summed E-state index contributed by atoms with van der Waals surface area (Å²) in [5.74, 6) is -0.181. The molecule has 0 bridgehead atoms. The van der Waals surface area contributed by atoms with Crippen LogP contribution in [0.15, 0.2) is 34.8 Å². The molecular formula is C15H17BrFNS. The van der Waals surface area contributed by atoms with Gasteiger partial charge in [0.1, 0.15) is 5.82 Å². The molecule has 0 aliphatic heterocycles. The summed E-state index contributed by atoms with van der Waals surface area (Å²) < 4.78 is 14.7. The van der Waals surface area contributed by atoms with E-state index in [4.69, 9.17) is 0 Å². The van der Waals surface area contributed by atoms with Crippen molar-refractivity contribution in [1.82, 2.24) is 5.32 Å². The van der Waals surface area contributed by atoms with Gasteiger partial charge in [0.25, 0.3) is 0 Å². The van der Waals surface area contributed by atoms with E-state index < -0.39 is 0 Å². The van der Waals surface area contributed by atoms with Crippen LogP contribution in [0.4, 0.5) is 4.39 Å². The number of hydrogen-bond acceptors (Lipinski definition) is 2. The van der Waals surface area contributed by atoms with Gasteiger partial charge in [-0.15, -0.1) is 11.3 Å². The quantitative estimate of drug-likeness (QED) is 0.769. The van der Waals surface area contributed by atoms with Gasteiger partial charge in [0, 0.05) is 25.8 Å². The van der Waals surface area contributed by atoms with Crippen molar-refractivity contribution < 1.29 is 4.39 Å². The highest BCUT2D eigenvalue weighted by Crippen LogP contribution is 2.34. The summed E-state index contributed by atoms with van der Waals surface area (Å²) in [5.41, 5.74) is 0.672. The third-order valence-corrected chi connectivity index (χ3v) is 4.75. The van der Waals surface area contributed by atoms with E-state index >= 15 is 0 Å². The monoisotopic (exact) mass is 341 g/mol. The molecule has 1 nitrogen and oxygen atoms in total. The van der Waals surface area contributed by atoms with E-state index in [2.05, 4.69) is 41.2 Å². The number of thiophene rings is 1. The molecule has 1 N–H and O–H groups in total. The average Bonchev–Trinajstić information content (AvgIpc) is 2.85. The van der Waals surface area contributed by atoms with E-state index in [-0.39, 0.29) is 5.82 Å². The summed E-state index contributed by atoms with van der Waals surface area (Å²) in [4.78, 5) is 2.25. The topological polar surface area (TPSA) is 12.0 Å². The minimum Gasteiger partial charge on any atom is -0.310 e. The van der Waals surface area contributed by atoms with Crippen LogP contribution >= 0.6 is 27.3 Å². The Morgan fingerprint density at radius 1 is 1.26 bits per heavy atom. The summed E-state index contributed by atoms with van der Waals surface area (Å²) in [6, 6.07) is 9.67. The second-order valence-electron chi connectivity index (χ2n) is 4.34. The second-order valence-corrected chi connectivity index (χ2v) is 6.38. The van der Waals surface area contributed by atoms with Crippen LogP contribution in [0.3, 0.4) is 0 Å². The lowest BCUT2D eigenvalue weighted by Gasteiger charge is -2.13. The average molecular weight is 342 g/mol. The van der Waals surface area contributed by atoms with E-state index in [1.807, 2.05) is 18.2 Å². The van der Waals surface area contributed by atoms with Crippen LogP contribution in [0.5, 0.6) is 0 Å². The van der Waals surface area contributed by atoms with Crippen LogP contribution in [0.1, 0.15) is 31.2 Å². The summed E-state index contributed by atoms with van der Waals surface area (Å²) in [5, 5.41) is 3.45. The number of halogens is 2. The van der Waals surface area contributed by atoms with Gasteiger partial charge in [-0.05, 0) is 43.3 Å². The van der Waals surface area contributed by atoms with Crippen LogP contribution in [0.2, 0.25) is 0 Å². The molecule has 2 aromatic rings. The van der Waals surface area contributed by atoms with Crippen molar-refractivity contribution in [2.45, 2.75) is 26.3 Å². The molecule has 1 aromatic carbocycles. The van der Waals surface area contributed by atoms with Gasteiger partial charge in [-0.2, -0.15) is 0 Å². The first-order valence-corrected chi connectivity index (χ1v) is 8.05. The highest BCUT2D eigenvalue weighted by molar-refractivity contribution is 9.10. The number of rotatable bonds is 5. The predicted molar refractivity (Wildman–Crippen MR) is 84.1 cm³/mol. The Labute approximate surface area is 126 Å². The number of hydrogen-bond donors (Lipinski definition) is 1. The molecule has 0 amide bonds. The fraction of sp³-hybridized carbons (Fsp3) is 0.333. The SMILES string of the molecule is CCNC(CC)c1ccc(-c2ccc(Br)cc2F)s1. The standard InChI is InChI=1S/C15H17BrFNS/c1-3-13(18-4-2)15-8-7-14(19-15)11-6-5-10(16)9-12(11)17/h5-9,13,18H,3-4H2,1-2H3. The molecule has 0 spiro atoms. The zero-order valence-electron chi connectivity index (χ0n) is 11.0. The minimum atomic E-state index is -0.181. The van der Waals surface area contributed by atoms with E-state index in [0.29, 0.717) is 11.6 Å². The molecule has 0 fully saturated rings. The Bertz CT molecular complexity index is 553. The van der Waals surface area contributed by atoms with E-state index in [0.717, 1.165) is 22.3 Å². The summed E-state index contributed by atoms with van der Waals surface area (Å²) in [7, 11) is 0. The molecule has 1 heterocycles. The van der Waals surface area contributed by atoms with Crippen LogP contribution in [-0.2, 0) is 0 Å². The molecule has 102 valence electrons. The molecule has 1 atom stereocenters. The summed E-state index contributed by atoms with van der Waals surface area (Å²) in [6.07, 6.45) is 1.04. The van der Waals surface area contributed by atoms with Gasteiger partial charge in [0.2, 0.25) is 0 Å². The maximum Gasteiger partial charge on any atom is 0.132 e. The number of nitrogens with one attached hydrogen (secondary N) is 1. The Hall–Kier alpha value is -0.710. The maximum absolute atomic E-state index is 13.9. The van der Waals surface area contributed by atoms with Gasteiger partial charge < -0.3 is 5.32 Å². The lowest BCUT2D eigenvalue weighted by Crippen LogP contribution is -2.18. The van der Waals surface area contributed by atoms with Crippen molar-refractivity contribution >= 4 is 27.3 Å². The molecule has 2 rings (SSSR count). The van der Waals surface area contributed by atoms with Gasteiger partial charge in [-0.3, -0.25) is 0 Å². The molecule has 1 aromatic heterocycles. The van der Waals surface area contributed by atoms with Gasteiger partial charge in [-0.1, -0.05) is 29.8 Å². The molecule has 19 heavy (non-hydrogen) atoms. The molecule has 0 aliphatic carbocycles. The van der Waals surface area contributed by atoms with Crippen LogP contribution < -0.4 is 5.32 Å². The highest BCUT2D eigenvalue weighted by atomic mass is 79.9. The first-order valence-electron chi connectivity index (χ1n) is 6.44. The van der Waals surface area contributed by atoms with Crippen molar-refractivity contribution in [3.8, 4) is 10.4 Å². The zero-order valence-corrected chi connectivity index (χ0v) is 13.4. The van der Waals surface area contributed by atoms with Crippen molar-refractivity contribution in [3.05, 3.63) is 45.5 Å². The second kappa shape index (κ2) is 6.64. The molecule has 0 saturated carbocycles. The highest BCUT2D eigenvalue weighted by Gasteiger charge is 2.13. The minimum absolute atomic E-state index is 0.181. The fourth-order valence-electron chi connectivity index (χ4n) is 2.07. The summed E-state index contributed by atoms with van der Waals surface area (Å²) in [6.45, 7) is 5.21. The third kappa shape index (κ3) is 3.44. The van der Waals surface area contributed by atoms with Crippen LogP contribution in [0.25, 0.3) is 10.4 Å². The first kappa shape index (κ1) is 14.7. The van der Waals surface area contributed by atoms with Gasteiger partial charge in [0.05, 0.1) is 0 Å². The van der Waals surface area contributed by atoms with Crippen molar-refractivity contribution in [1.29, 1.82) is 0 Å². The van der Waals surface area contributed by atoms with Gasteiger partial charge in [0.15, 0.2) is 0 Å². The molecule has 0 radical (unpaired) electrons. The normalized spacial score (nSPS) is 12.6. The molecule has 0 saturated heterocycles. The largest absolute Gasteiger partial charge is 0.310 e. The lowest BCUT2D eigenvalue weighted by molar-refractivity contribution is 0.545. The van der Waals surface area contributed by atoms with Crippen molar-refractivity contribution in [3.63, 3.8) is 0 Å². The van der Waals surface area contributed by atoms with Crippen molar-refractivity contribution in [2.75, 3.05) is 6.54 Å². The molecule has 0 aliphatic rings. The van der Waals surface area contributed by atoms with Crippen molar-refractivity contribution in [2.24, 2.45) is 0 Å². The molecule has 1 unspecified atom stereocenters. The lowest BCUT2D eigenvalue weighted by atomic mass is 10.1. The van der Waals surface area contributed by atoms with Gasteiger partial charge >= 0.3 is 0 Å². The van der Waals surface area contributed by atoms with Gasteiger partial charge in [-0.25, -0.2) is 4.39 Å². The molecule has 4 heteroatoms. The predicted octanol–water partition coefficient (Wildman–Crippen LogP) is 5.38. The van der Waals surface area contributed by atoms with Crippen LogP contribution in [0, 0.1) is 5.82 Å². The van der Waals surface area contributed by atoms with E-state index in [1.165, 1.54) is 10.9 Å².